The van der Waals surface area contributed by atoms with Crippen LogP contribution in [-0.4, -0.2) is 32.7 Å². The Morgan fingerprint density at radius 1 is 1.38 bits per heavy atom. The Kier molecular flexibility index (Phi) is 4.60. The lowest BCUT2D eigenvalue weighted by atomic mass is 9.90. The molecule has 0 radical (unpaired) electrons. The summed E-state index contributed by atoms with van der Waals surface area (Å²) in [5.74, 6) is -0.199. The van der Waals surface area contributed by atoms with Crippen molar-refractivity contribution in [3.63, 3.8) is 0 Å². The van der Waals surface area contributed by atoms with Crippen LogP contribution >= 0.6 is 11.6 Å². The Balaban J connectivity index is 2.24. The van der Waals surface area contributed by atoms with Crippen LogP contribution in [0.2, 0.25) is 5.02 Å². The molecule has 1 aliphatic rings. The van der Waals surface area contributed by atoms with Crippen molar-refractivity contribution in [3.8, 4) is 0 Å². The van der Waals surface area contributed by atoms with Gasteiger partial charge < -0.3 is 10.6 Å². The van der Waals surface area contributed by atoms with Crippen molar-refractivity contribution in [2.24, 2.45) is 0 Å². The smallest absolute Gasteiger partial charge is 0.244 e. The Morgan fingerprint density at radius 2 is 2.10 bits per heavy atom. The van der Waals surface area contributed by atoms with Gasteiger partial charge in [0.25, 0.3) is 0 Å². The Labute approximate surface area is 130 Å². The van der Waals surface area contributed by atoms with E-state index in [1.807, 2.05) is 6.92 Å². The first-order chi connectivity index (χ1) is 9.72. The van der Waals surface area contributed by atoms with Crippen molar-refractivity contribution in [1.29, 1.82) is 0 Å². The molecular formula is C14H19ClN2O3S. The summed E-state index contributed by atoms with van der Waals surface area (Å²) in [7, 11) is -3.34. The zero-order valence-corrected chi connectivity index (χ0v) is 13.6. The molecule has 21 heavy (non-hydrogen) atoms. The van der Waals surface area contributed by atoms with E-state index in [0.29, 0.717) is 10.7 Å². The van der Waals surface area contributed by atoms with Crippen LogP contribution < -0.4 is 10.6 Å². The fourth-order valence-electron chi connectivity index (χ4n) is 2.34. The van der Waals surface area contributed by atoms with E-state index < -0.39 is 15.4 Å². The molecule has 1 atom stereocenters. The first-order valence-corrected chi connectivity index (χ1v) is 9.05. The number of nitrogens with one attached hydrogen (secondary N) is 2. The number of benzene rings is 1. The molecule has 2 N–H and O–H groups in total. The zero-order chi connectivity index (χ0) is 15.7. The third-order valence-corrected chi connectivity index (χ3v) is 5.17. The number of halogens is 1. The van der Waals surface area contributed by atoms with Gasteiger partial charge in [0.1, 0.15) is 0 Å². The van der Waals surface area contributed by atoms with Gasteiger partial charge in [-0.05, 0) is 50.9 Å². The Bertz CT molecular complexity index is 652. The number of anilines is 1. The van der Waals surface area contributed by atoms with E-state index in [0.717, 1.165) is 32.1 Å². The van der Waals surface area contributed by atoms with Crippen LogP contribution in [0.15, 0.2) is 23.1 Å². The van der Waals surface area contributed by atoms with Crippen LogP contribution in [0.25, 0.3) is 0 Å². The number of hydrogen-bond acceptors (Lipinski definition) is 4. The second kappa shape index (κ2) is 5.94. The van der Waals surface area contributed by atoms with Crippen LogP contribution in [0.3, 0.4) is 0 Å². The molecule has 2 rings (SSSR count). The molecule has 5 nitrogen and oxygen atoms in total. The highest BCUT2D eigenvalue weighted by Crippen LogP contribution is 2.27. The molecule has 0 aliphatic carbocycles. The van der Waals surface area contributed by atoms with Gasteiger partial charge in [0.05, 0.1) is 21.1 Å². The van der Waals surface area contributed by atoms with Gasteiger partial charge in [-0.3, -0.25) is 4.79 Å². The maximum Gasteiger partial charge on any atom is 0.244 e. The predicted molar refractivity (Wildman–Crippen MR) is 83.5 cm³/mol. The van der Waals surface area contributed by atoms with Crippen LogP contribution in [0.5, 0.6) is 0 Å². The summed E-state index contributed by atoms with van der Waals surface area (Å²) >= 11 is 6.04. The van der Waals surface area contributed by atoms with Gasteiger partial charge in [-0.2, -0.15) is 0 Å². The van der Waals surface area contributed by atoms with Crippen molar-refractivity contribution >= 4 is 33.0 Å². The normalized spacial score (nSPS) is 22.8. The lowest BCUT2D eigenvalue weighted by Gasteiger charge is -2.33. The minimum atomic E-state index is -3.34. The summed E-state index contributed by atoms with van der Waals surface area (Å²) in [6.45, 7) is 2.64. The lowest BCUT2D eigenvalue weighted by molar-refractivity contribution is -0.122. The number of amides is 1. The van der Waals surface area contributed by atoms with E-state index >= 15 is 0 Å². The first-order valence-electron chi connectivity index (χ1n) is 6.78. The van der Waals surface area contributed by atoms with Crippen LogP contribution in [0, 0.1) is 0 Å². The predicted octanol–water partition coefficient (Wildman–Crippen LogP) is 2.21. The van der Waals surface area contributed by atoms with Crippen LogP contribution in [0.4, 0.5) is 5.69 Å². The highest BCUT2D eigenvalue weighted by Gasteiger charge is 2.34. The molecule has 1 heterocycles. The largest absolute Gasteiger partial charge is 0.323 e. The fraction of sp³-hybridized carbons (Fsp3) is 0.500. The molecule has 1 unspecified atom stereocenters. The average Bonchev–Trinajstić information content (AvgIpc) is 2.40. The molecule has 0 aromatic heterocycles. The van der Waals surface area contributed by atoms with E-state index in [4.69, 9.17) is 11.6 Å². The number of carbonyl (C=O) groups excluding carboxylic acids is 1. The van der Waals surface area contributed by atoms with Crippen molar-refractivity contribution in [2.75, 3.05) is 18.1 Å². The van der Waals surface area contributed by atoms with E-state index in [1.165, 1.54) is 18.2 Å². The lowest BCUT2D eigenvalue weighted by Crippen LogP contribution is -2.54. The molecule has 1 aromatic carbocycles. The minimum absolute atomic E-state index is 0.129. The van der Waals surface area contributed by atoms with Crippen molar-refractivity contribution < 1.29 is 13.2 Å². The third kappa shape index (κ3) is 3.75. The van der Waals surface area contributed by atoms with Gasteiger partial charge in [-0.1, -0.05) is 11.6 Å². The first kappa shape index (κ1) is 16.3. The summed E-state index contributed by atoms with van der Waals surface area (Å²) in [6, 6.07) is 4.29. The number of rotatable bonds is 3. The Hall–Kier alpha value is -1.11. The maximum absolute atomic E-state index is 12.4. The number of hydrogen-bond donors (Lipinski definition) is 2. The monoisotopic (exact) mass is 330 g/mol. The summed E-state index contributed by atoms with van der Waals surface area (Å²) in [4.78, 5) is 12.5. The number of piperidine rings is 1. The second-order valence-electron chi connectivity index (χ2n) is 5.58. The fourth-order valence-corrected chi connectivity index (χ4v) is 3.15. The van der Waals surface area contributed by atoms with Gasteiger partial charge in [0, 0.05) is 6.26 Å². The molecule has 1 aliphatic heterocycles. The molecular weight excluding hydrogens is 312 g/mol. The van der Waals surface area contributed by atoms with Crippen molar-refractivity contribution in [2.45, 2.75) is 36.6 Å². The van der Waals surface area contributed by atoms with E-state index in [2.05, 4.69) is 10.6 Å². The highest BCUT2D eigenvalue weighted by atomic mass is 35.5. The standard InChI is InChI=1S/C14H19ClN2O3S/c1-14(7-3-4-8-16-14)13(18)17-12-9-10(21(2,19)20)5-6-11(12)15/h5-6,9,16H,3-4,7-8H2,1-2H3,(H,17,18). The maximum atomic E-state index is 12.4. The molecule has 1 fully saturated rings. The third-order valence-electron chi connectivity index (χ3n) is 3.73. The zero-order valence-electron chi connectivity index (χ0n) is 12.1. The number of carbonyl (C=O) groups is 1. The van der Waals surface area contributed by atoms with E-state index in [9.17, 15) is 13.2 Å². The summed E-state index contributed by atoms with van der Waals surface area (Å²) in [6.07, 6.45) is 3.88. The molecule has 1 amide bonds. The molecule has 7 heteroatoms. The Morgan fingerprint density at radius 3 is 2.67 bits per heavy atom. The second-order valence-corrected chi connectivity index (χ2v) is 8.01. The summed E-state index contributed by atoms with van der Waals surface area (Å²) in [5.41, 5.74) is -0.332. The molecule has 0 saturated carbocycles. The summed E-state index contributed by atoms with van der Waals surface area (Å²) < 4.78 is 23.2. The number of sulfone groups is 1. The molecule has 1 aromatic rings. The minimum Gasteiger partial charge on any atom is -0.323 e. The van der Waals surface area contributed by atoms with Crippen molar-refractivity contribution in [1.82, 2.24) is 5.32 Å². The summed E-state index contributed by atoms with van der Waals surface area (Å²) in [5, 5.41) is 6.26. The van der Waals surface area contributed by atoms with Gasteiger partial charge in [-0.15, -0.1) is 0 Å². The molecule has 0 bridgehead atoms. The quantitative estimate of drug-likeness (QED) is 0.891. The van der Waals surface area contributed by atoms with Gasteiger partial charge >= 0.3 is 0 Å². The molecule has 1 saturated heterocycles. The molecule has 116 valence electrons. The van der Waals surface area contributed by atoms with Gasteiger partial charge in [0.15, 0.2) is 9.84 Å². The van der Waals surface area contributed by atoms with E-state index in [1.54, 1.807) is 0 Å². The van der Waals surface area contributed by atoms with Gasteiger partial charge in [0.2, 0.25) is 5.91 Å². The topological polar surface area (TPSA) is 75.3 Å². The van der Waals surface area contributed by atoms with Gasteiger partial charge in [-0.25, -0.2) is 8.42 Å². The van der Waals surface area contributed by atoms with Crippen LogP contribution in [-0.2, 0) is 14.6 Å². The average molecular weight is 331 g/mol. The van der Waals surface area contributed by atoms with Crippen molar-refractivity contribution in [3.05, 3.63) is 23.2 Å². The molecule has 0 spiro atoms. The van der Waals surface area contributed by atoms with E-state index in [-0.39, 0.29) is 10.8 Å². The highest BCUT2D eigenvalue weighted by molar-refractivity contribution is 7.90. The SMILES string of the molecule is CC1(C(=O)Nc2cc(S(C)(=O)=O)ccc2Cl)CCCCN1. The van der Waals surface area contributed by atoms with Crippen LogP contribution in [0.1, 0.15) is 26.2 Å².